The molecule has 4 rings (SSSR count). The molecule has 2 saturated carbocycles. The number of benzene rings is 1. The Labute approximate surface area is 211 Å². The monoisotopic (exact) mass is 499 g/mol. The fraction of sp³-hybridized carbons (Fsp3) is 0.571. The summed E-state index contributed by atoms with van der Waals surface area (Å²) >= 11 is 1.15. The molecule has 0 bridgehead atoms. The average Bonchev–Trinajstić information content (AvgIpc) is 3.20. The number of thiophene rings is 1. The lowest BCUT2D eigenvalue weighted by Gasteiger charge is -2.35. The number of aliphatic carboxylic acids is 1. The number of carbonyl (C=O) groups is 2. The molecule has 0 aliphatic heterocycles. The fourth-order valence-electron chi connectivity index (χ4n) is 5.71. The van der Waals surface area contributed by atoms with Crippen LogP contribution in [0.4, 0.5) is 5.69 Å². The molecular formula is C28H37NO5S. The quantitative estimate of drug-likeness (QED) is 0.372. The van der Waals surface area contributed by atoms with Crippen molar-refractivity contribution in [1.82, 2.24) is 0 Å². The molecule has 2 aromatic rings. The molecule has 0 amide bonds. The third-order valence-electron chi connectivity index (χ3n) is 7.51. The predicted octanol–water partition coefficient (Wildman–Crippen LogP) is 6.85. The lowest BCUT2D eigenvalue weighted by atomic mass is 9.86. The molecule has 190 valence electrons. The van der Waals surface area contributed by atoms with E-state index in [9.17, 15) is 14.7 Å². The third-order valence-corrected chi connectivity index (χ3v) is 8.82. The second kappa shape index (κ2) is 11.9. The van der Waals surface area contributed by atoms with Gasteiger partial charge in [0, 0.05) is 29.2 Å². The number of hydrogen-bond donors (Lipinski definition) is 2. The average molecular weight is 500 g/mol. The van der Waals surface area contributed by atoms with Gasteiger partial charge >= 0.3 is 11.9 Å². The van der Waals surface area contributed by atoms with Gasteiger partial charge in [-0.3, -0.25) is 0 Å². The molecule has 7 heteroatoms. The van der Waals surface area contributed by atoms with E-state index in [1.54, 1.807) is 0 Å². The van der Waals surface area contributed by atoms with Crippen LogP contribution in [0.1, 0.15) is 79.4 Å². The maximum absolute atomic E-state index is 11.9. The van der Waals surface area contributed by atoms with Crippen LogP contribution >= 0.6 is 11.3 Å². The summed E-state index contributed by atoms with van der Waals surface area (Å²) in [7, 11) is 0. The molecule has 0 atom stereocenters. The summed E-state index contributed by atoms with van der Waals surface area (Å²) in [6, 6.07) is 8.42. The van der Waals surface area contributed by atoms with Crippen molar-refractivity contribution in [3.63, 3.8) is 0 Å². The van der Waals surface area contributed by atoms with Gasteiger partial charge in [0.25, 0.3) is 0 Å². The minimum absolute atomic E-state index is 0.0467. The smallest absolute Gasteiger partial charge is 0.349 e. The summed E-state index contributed by atoms with van der Waals surface area (Å²) < 4.78 is 5.39. The highest BCUT2D eigenvalue weighted by molar-refractivity contribution is 7.18. The van der Waals surface area contributed by atoms with Crippen molar-refractivity contribution in [2.24, 2.45) is 11.8 Å². The third kappa shape index (κ3) is 6.57. The molecule has 1 aromatic heterocycles. The van der Waals surface area contributed by atoms with Crippen LogP contribution in [-0.4, -0.2) is 41.8 Å². The van der Waals surface area contributed by atoms with E-state index in [4.69, 9.17) is 9.84 Å². The van der Waals surface area contributed by atoms with E-state index in [2.05, 4.69) is 23.1 Å². The van der Waals surface area contributed by atoms with Crippen LogP contribution in [0.3, 0.4) is 0 Å². The van der Waals surface area contributed by atoms with Gasteiger partial charge in [0.05, 0.1) is 0 Å². The molecule has 1 aromatic carbocycles. The fourth-order valence-corrected chi connectivity index (χ4v) is 6.80. The zero-order valence-corrected chi connectivity index (χ0v) is 21.4. The zero-order chi connectivity index (χ0) is 24.8. The Balaban J connectivity index is 1.63. The van der Waals surface area contributed by atoms with E-state index in [0.29, 0.717) is 5.56 Å². The van der Waals surface area contributed by atoms with Crippen molar-refractivity contribution in [2.45, 2.75) is 71.1 Å². The SMILES string of the molecule is Cc1c(-c2cccc(N(CC3CCCCC3)CC3CCCCC3)c2)sc(C(=O)O)c1OCC(=O)O. The summed E-state index contributed by atoms with van der Waals surface area (Å²) in [4.78, 5) is 26.3. The Bertz CT molecular complexity index is 1000. The molecule has 1 heterocycles. The van der Waals surface area contributed by atoms with Crippen LogP contribution in [0.15, 0.2) is 24.3 Å². The lowest BCUT2D eigenvalue weighted by molar-refractivity contribution is -0.139. The largest absolute Gasteiger partial charge is 0.480 e. The zero-order valence-electron chi connectivity index (χ0n) is 20.6. The van der Waals surface area contributed by atoms with Crippen molar-refractivity contribution >= 4 is 29.0 Å². The molecule has 35 heavy (non-hydrogen) atoms. The topological polar surface area (TPSA) is 87.1 Å². The summed E-state index contributed by atoms with van der Waals surface area (Å²) in [6.07, 6.45) is 13.2. The van der Waals surface area contributed by atoms with Crippen molar-refractivity contribution < 1.29 is 24.5 Å². The van der Waals surface area contributed by atoms with Crippen LogP contribution in [0, 0.1) is 18.8 Å². The molecule has 0 radical (unpaired) electrons. The number of anilines is 1. The summed E-state index contributed by atoms with van der Waals surface area (Å²) in [6.45, 7) is 3.41. The molecule has 0 saturated heterocycles. The van der Waals surface area contributed by atoms with E-state index in [0.717, 1.165) is 46.7 Å². The van der Waals surface area contributed by atoms with Gasteiger partial charge in [-0.05, 0) is 62.1 Å². The summed E-state index contributed by atoms with van der Waals surface area (Å²) in [5, 5.41) is 18.7. The molecule has 2 N–H and O–H groups in total. The Morgan fingerprint density at radius 1 is 0.971 bits per heavy atom. The second-order valence-electron chi connectivity index (χ2n) is 10.2. The molecule has 2 fully saturated rings. The first-order valence-corrected chi connectivity index (χ1v) is 13.8. The molecule has 6 nitrogen and oxygen atoms in total. The normalized spacial score (nSPS) is 17.3. The maximum Gasteiger partial charge on any atom is 0.349 e. The number of hydrogen-bond acceptors (Lipinski definition) is 5. The first kappa shape index (κ1) is 25.5. The highest BCUT2D eigenvalue weighted by Crippen LogP contribution is 2.42. The van der Waals surface area contributed by atoms with E-state index < -0.39 is 18.5 Å². The minimum Gasteiger partial charge on any atom is -0.480 e. The number of aromatic carboxylic acids is 1. The number of rotatable bonds is 10. The first-order valence-electron chi connectivity index (χ1n) is 13.0. The van der Waals surface area contributed by atoms with Gasteiger partial charge in [0.1, 0.15) is 5.75 Å². The number of ether oxygens (including phenoxy) is 1. The highest BCUT2D eigenvalue weighted by Gasteiger charge is 2.25. The first-order chi connectivity index (χ1) is 16.9. The van der Waals surface area contributed by atoms with Crippen molar-refractivity contribution in [3.8, 4) is 16.2 Å². The van der Waals surface area contributed by atoms with Gasteiger partial charge in [0.15, 0.2) is 11.5 Å². The Morgan fingerprint density at radius 2 is 1.57 bits per heavy atom. The second-order valence-corrected chi connectivity index (χ2v) is 11.2. The van der Waals surface area contributed by atoms with Crippen LogP contribution in [0.5, 0.6) is 5.75 Å². The van der Waals surface area contributed by atoms with Crippen LogP contribution < -0.4 is 9.64 Å². The number of carboxylic acids is 2. The summed E-state index contributed by atoms with van der Waals surface area (Å²) in [5.74, 6) is -0.608. The molecule has 0 unspecified atom stereocenters. The standard InChI is InChI=1S/C28H37NO5S/c1-19-25(34-18-24(30)31)27(28(32)33)35-26(19)22-13-8-14-23(15-22)29(16-20-9-4-2-5-10-20)17-21-11-6-3-7-12-21/h8,13-15,20-21H,2-7,9-12,16-18H2,1H3,(H,30,31)(H,32,33). The lowest BCUT2D eigenvalue weighted by Crippen LogP contribution is -2.35. The molecular weight excluding hydrogens is 462 g/mol. The highest BCUT2D eigenvalue weighted by atomic mass is 32.1. The minimum atomic E-state index is -1.13. The van der Waals surface area contributed by atoms with Crippen LogP contribution in [-0.2, 0) is 4.79 Å². The van der Waals surface area contributed by atoms with E-state index in [-0.39, 0.29) is 10.6 Å². The Hall–Kier alpha value is -2.54. The Morgan fingerprint density at radius 3 is 2.11 bits per heavy atom. The van der Waals surface area contributed by atoms with Crippen LogP contribution in [0.2, 0.25) is 0 Å². The predicted molar refractivity (Wildman–Crippen MR) is 140 cm³/mol. The molecule has 2 aliphatic rings. The summed E-state index contributed by atoms with van der Waals surface area (Å²) in [5.41, 5.74) is 2.82. The van der Waals surface area contributed by atoms with E-state index >= 15 is 0 Å². The number of carboxylic acid groups (broad SMARTS) is 2. The number of nitrogens with zero attached hydrogens (tertiary/aromatic N) is 1. The van der Waals surface area contributed by atoms with Crippen molar-refractivity contribution in [3.05, 3.63) is 34.7 Å². The van der Waals surface area contributed by atoms with Crippen molar-refractivity contribution in [2.75, 3.05) is 24.6 Å². The molecule has 0 spiro atoms. The van der Waals surface area contributed by atoms with Gasteiger partial charge in [-0.25, -0.2) is 9.59 Å². The van der Waals surface area contributed by atoms with Gasteiger partial charge in [-0.15, -0.1) is 11.3 Å². The van der Waals surface area contributed by atoms with Gasteiger partial charge in [-0.1, -0.05) is 50.7 Å². The van der Waals surface area contributed by atoms with Gasteiger partial charge < -0.3 is 19.8 Å². The molecule has 2 aliphatic carbocycles. The van der Waals surface area contributed by atoms with E-state index in [1.807, 2.05) is 13.0 Å². The van der Waals surface area contributed by atoms with Crippen LogP contribution in [0.25, 0.3) is 10.4 Å². The Kier molecular flexibility index (Phi) is 8.71. The van der Waals surface area contributed by atoms with E-state index in [1.165, 1.54) is 69.9 Å². The van der Waals surface area contributed by atoms with Crippen molar-refractivity contribution in [1.29, 1.82) is 0 Å². The van der Waals surface area contributed by atoms with Gasteiger partial charge in [-0.2, -0.15) is 0 Å². The maximum atomic E-state index is 11.9. The van der Waals surface area contributed by atoms with Gasteiger partial charge in [0.2, 0.25) is 0 Å².